The van der Waals surface area contributed by atoms with Gasteiger partial charge in [0.2, 0.25) is 0 Å². The molecule has 3 rings (SSSR count). The van der Waals surface area contributed by atoms with Crippen molar-refractivity contribution in [3.63, 3.8) is 0 Å². The van der Waals surface area contributed by atoms with Crippen LogP contribution in [0.2, 0.25) is 0 Å². The molecule has 0 aliphatic heterocycles. The Balaban J connectivity index is 1.73. The first-order valence-corrected chi connectivity index (χ1v) is 10.5. The van der Waals surface area contributed by atoms with Crippen LogP contribution in [0.3, 0.4) is 0 Å². The first kappa shape index (κ1) is 22.7. The number of benzene rings is 2. The Morgan fingerprint density at radius 1 is 0.903 bits per heavy atom. The van der Waals surface area contributed by atoms with Crippen LogP contribution in [0, 0.1) is 0 Å². The molecule has 0 saturated heterocycles. The molecule has 0 aliphatic rings. The van der Waals surface area contributed by atoms with Gasteiger partial charge in [-0.1, -0.05) is 30.3 Å². The smallest absolute Gasteiger partial charge is 0.152 e. The zero-order valence-corrected chi connectivity index (χ0v) is 17.9. The van der Waals surface area contributed by atoms with Crippen molar-refractivity contribution < 1.29 is 14.9 Å². The second-order valence-corrected chi connectivity index (χ2v) is 7.12. The fourth-order valence-electron chi connectivity index (χ4n) is 3.28. The molecule has 7 heteroatoms. The van der Waals surface area contributed by atoms with Gasteiger partial charge in [0.15, 0.2) is 5.82 Å². The van der Waals surface area contributed by atoms with Gasteiger partial charge < -0.3 is 20.3 Å². The molecule has 2 aromatic carbocycles. The molecular weight excluding hydrogens is 392 g/mol. The summed E-state index contributed by atoms with van der Waals surface area (Å²) >= 11 is 0. The van der Waals surface area contributed by atoms with Crippen LogP contribution in [0.4, 0.5) is 5.82 Å². The van der Waals surface area contributed by atoms with Crippen molar-refractivity contribution in [3.8, 4) is 5.75 Å². The Labute approximate surface area is 183 Å². The highest BCUT2D eigenvalue weighted by atomic mass is 16.5. The third kappa shape index (κ3) is 6.75. The van der Waals surface area contributed by atoms with Gasteiger partial charge in [0.1, 0.15) is 11.4 Å². The molecular formula is C24H30N4O3. The van der Waals surface area contributed by atoms with Gasteiger partial charge in [-0.05, 0) is 48.9 Å². The van der Waals surface area contributed by atoms with Gasteiger partial charge in [-0.2, -0.15) is 0 Å². The predicted molar refractivity (Wildman–Crippen MR) is 125 cm³/mol. The zero-order valence-electron chi connectivity index (χ0n) is 17.9. The lowest BCUT2D eigenvalue weighted by atomic mass is 10.2. The predicted octanol–water partition coefficient (Wildman–Crippen LogP) is 2.90. The number of ether oxygens (including phenoxy) is 1. The van der Waals surface area contributed by atoms with Crippen LogP contribution in [0.5, 0.6) is 5.75 Å². The number of nitrogens with one attached hydrogen (secondary N) is 1. The maximum Gasteiger partial charge on any atom is 0.152 e. The quantitative estimate of drug-likeness (QED) is 0.387. The number of rotatable bonds is 12. The largest absolute Gasteiger partial charge is 0.497 e. The van der Waals surface area contributed by atoms with E-state index in [1.165, 1.54) is 0 Å². The van der Waals surface area contributed by atoms with E-state index in [1.54, 1.807) is 7.11 Å². The van der Waals surface area contributed by atoms with Crippen LogP contribution >= 0.6 is 0 Å². The summed E-state index contributed by atoms with van der Waals surface area (Å²) in [4.78, 5) is 11.6. The molecule has 1 aromatic heterocycles. The third-order valence-corrected chi connectivity index (χ3v) is 4.92. The third-order valence-electron chi connectivity index (χ3n) is 4.92. The van der Waals surface area contributed by atoms with Gasteiger partial charge in [0, 0.05) is 19.6 Å². The highest BCUT2D eigenvalue weighted by molar-refractivity contribution is 5.81. The molecule has 0 fully saturated rings. The van der Waals surface area contributed by atoms with Gasteiger partial charge in [-0.3, -0.25) is 4.90 Å². The number of aliphatic hydroxyl groups excluding tert-OH is 2. The Hall–Kier alpha value is -3.00. The molecule has 1 heterocycles. The van der Waals surface area contributed by atoms with Gasteiger partial charge in [0.05, 0.1) is 31.4 Å². The fourth-order valence-corrected chi connectivity index (χ4v) is 3.28. The normalized spacial score (nSPS) is 11.5. The van der Waals surface area contributed by atoms with Crippen molar-refractivity contribution >= 4 is 29.0 Å². The number of hydrogen-bond acceptors (Lipinski definition) is 7. The van der Waals surface area contributed by atoms with Gasteiger partial charge in [-0.25, -0.2) is 9.97 Å². The van der Waals surface area contributed by atoms with Crippen molar-refractivity contribution in [1.29, 1.82) is 0 Å². The maximum atomic E-state index is 9.15. The van der Waals surface area contributed by atoms with Gasteiger partial charge >= 0.3 is 0 Å². The number of aliphatic hydroxyl groups is 2. The van der Waals surface area contributed by atoms with Crippen LogP contribution < -0.4 is 10.1 Å². The standard InChI is InChI=1S/C24H30N4O3/c1-31-20-10-7-19(8-11-20)9-12-23-24(27-22-6-3-2-5-21(22)26-23)25-13-4-14-28(15-17-29)16-18-30/h2-3,5-12,29-30H,4,13-18H2,1H3,(H,25,27)/b12-9+. The molecule has 31 heavy (non-hydrogen) atoms. The number of aromatic nitrogens is 2. The monoisotopic (exact) mass is 422 g/mol. The minimum absolute atomic E-state index is 0.0872. The summed E-state index contributed by atoms with van der Waals surface area (Å²) in [5.41, 5.74) is 3.51. The maximum absolute atomic E-state index is 9.15. The highest BCUT2D eigenvalue weighted by Gasteiger charge is 2.08. The summed E-state index contributed by atoms with van der Waals surface area (Å²) in [5, 5.41) is 21.7. The van der Waals surface area contributed by atoms with E-state index in [9.17, 15) is 0 Å². The van der Waals surface area contributed by atoms with E-state index < -0.39 is 0 Å². The van der Waals surface area contributed by atoms with Crippen molar-refractivity contribution in [2.24, 2.45) is 0 Å². The average Bonchev–Trinajstić information content (AvgIpc) is 2.80. The molecule has 0 unspecified atom stereocenters. The summed E-state index contributed by atoms with van der Waals surface area (Å²) in [5.74, 6) is 1.56. The molecule has 0 atom stereocenters. The molecule has 0 bridgehead atoms. The summed E-state index contributed by atoms with van der Waals surface area (Å²) in [6.07, 6.45) is 4.83. The number of fused-ring (bicyclic) bond motifs is 1. The summed E-state index contributed by atoms with van der Waals surface area (Å²) in [6, 6.07) is 15.7. The molecule has 0 spiro atoms. The van der Waals surface area contributed by atoms with Crippen LogP contribution in [0.25, 0.3) is 23.2 Å². The molecule has 0 saturated carbocycles. The summed E-state index contributed by atoms with van der Waals surface area (Å²) in [6.45, 7) is 2.79. The number of nitrogens with zero attached hydrogens (tertiary/aromatic N) is 3. The number of hydrogen-bond donors (Lipinski definition) is 3. The van der Waals surface area contributed by atoms with Crippen LogP contribution in [-0.2, 0) is 0 Å². The average molecular weight is 423 g/mol. The molecule has 0 radical (unpaired) electrons. The Morgan fingerprint density at radius 2 is 1.58 bits per heavy atom. The van der Waals surface area contributed by atoms with E-state index >= 15 is 0 Å². The lowest BCUT2D eigenvalue weighted by Gasteiger charge is -2.20. The summed E-state index contributed by atoms with van der Waals surface area (Å²) in [7, 11) is 1.65. The van der Waals surface area contributed by atoms with Crippen molar-refractivity contribution in [3.05, 3.63) is 59.8 Å². The SMILES string of the molecule is COc1ccc(/C=C/c2nc3ccccc3nc2NCCCN(CCO)CCO)cc1. The van der Waals surface area contributed by atoms with Crippen molar-refractivity contribution in [2.75, 3.05) is 51.8 Å². The van der Waals surface area contributed by atoms with Gasteiger partial charge in [-0.15, -0.1) is 0 Å². The first-order valence-electron chi connectivity index (χ1n) is 10.5. The fraction of sp³-hybridized carbons (Fsp3) is 0.333. The lowest BCUT2D eigenvalue weighted by Crippen LogP contribution is -2.31. The van der Waals surface area contributed by atoms with E-state index in [2.05, 4.69) is 5.32 Å². The molecule has 0 amide bonds. The van der Waals surface area contributed by atoms with Gasteiger partial charge in [0.25, 0.3) is 0 Å². The van der Waals surface area contributed by atoms with E-state index in [0.717, 1.165) is 46.8 Å². The molecule has 164 valence electrons. The van der Waals surface area contributed by atoms with E-state index in [1.807, 2.05) is 65.6 Å². The second kappa shape index (κ2) is 12.0. The first-order chi connectivity index (χ1) is 15.2. The number of anilines is 1. The minimum Gasteiger partial charge on any atom is -0.497 e. The minimum atomic E-state index is 0.0872. The van der Waals surface area contributed by atoms with Crippen LogP contribution in [0.15, 0.2) is 48.5 Å². The topological polar surface area (TPSA) is 90.7 Å². The Morgan fingerprint density at radius 3 is 2.23 bits per heavy atom. The van der Waals surface area contributed by atoms with Crippen LogP contribution in [0.1, 0.15) is 17.7 Å². The Kier molecular flexibility index (Phi) is 8.78. The van der Waals surface area contributed by atoms with E-state index in [0.29, 0.717) is 19.6 Å². The summed E-state index contributed by atoms with van der Waals surface area (Å²) < 4.78 is 5.21. The van der Waals surface area contributed by atoms with E-state index in [4.69, 9.17) is 24.9 Å². The number of methoxy groups -OCH3 is 1. The van der Waals surface area contributed by atoms with Crippen molar-refractivity contribution in [1.82, 2.24) is 14.9 Å². The van der Waals surface area contributed by atoms with Crippen LogP contribution in [-0.4, -0.2) is 71.6 Å². The molecule has 7 nitrogen and oxygen atoms in total. The zero-order chi connectivity index (χ0) is 21.9. The molecule has 3 N–H and O–H groups in total. The Bertz CT molecular complexity index is 970. The van der Waals surface area contributed by atoms with E-state index in [-0.39, 0.29) is 13.2 Å². The highest BCUT2D eigenvalue weighted by Crippen LogP contribution is 2.20. The molecule has 0 aliphatic carbocycles. The lowest BCUT2D eigenvalue weighted by molar-refractivity contribution is 0.161. The molecule has 3 aromatic rings. The number of para-hydroxylation sites is 2. The van der Waals surface area contributed by atoms with Crippen molar-refractivity contribution in [2.45, 2.75) is 6.42 Å². The second-order valence-electron chi connectivity index (χ2n) is 7.12.